The number of rotatable bonds is 7. The number of nitrogens with zero attached hydrogens (tertiary/aromatic N) is 1. The maximum absolute atomic E-state index is 13.4. The molecule has 0 spiro atoms. The molecule has 0 unspecified atom stereocenters. The van der Waals surface area contributed by atoms with Gasteiger partial charge in [-0.2, -0.15) is 5.10 Å². The number of hydrogen-bond acceptors (Lipinski definition) is 5. The summed E-state index contributed by atoms with van der Waals surface area (Å²) in [5.74, 6) is -1.00. The van der Waals surface area contributed by atoms with Gasteiger partial charge < -0.3 is 9.47 Å². The van der Waals surface area contributed by atoms with E-state index in [9.17, 15) is 14.0 Å². The van der Waals surface area contributed by atoms with Crippen LogP contribution < -0.4 is 14.9 Å². The molecule has 0 heterocycles. The van der Waals surface area contributed by atoms with Crippen LogP contribution in [0.25, 0.3) is 0 Å². The van der Waals surface area contributed by atoms with Crippen molar-refractivity contribution in [2.45, 2.75) is 13.8 Å². The van der Waals surface area contributed by atoms with E-state index in [1.807, 2.05) is 26.0 Å². The Morgan fingerprint density at radius 3 is 2.58 bits per heavy atom. The summed E-state index contributed by atoms with van der Waals surface area (Å²) in [6, 6.07) is 14.1. The van der Waals surface area contributed by atoms with Crippen LogP contribution >= 0.6 is 31.9 Å². The van der Waals surface area contributed by atoms with Crippen LogP contribution in [0.2, 0.25) is 0 Å². The van der Waals surface area contributed by atoms with Crippen LogP contribution in [-0.4, -0.2) is 24.7 Å². The van der Waals surface area contributed by atoms with Crippen molar-refractivity contribution in [3.8, 4) is 11.5 Å². The van der Waals surface area contributed by atoms with Gasteiger partial charge in [-0.15, -0.1) is 0 Å². The molecule has 0 bridgehead atoms. The molecule has 1 N–H and O–H groups in total. The zero-order chi connectivity index (χ0) is 24.0. The minimum atomic E-state index is -0.738. The highest BCUT2D eigenvalue weighted by Crippen LogP contribution is 2.32. The second kappa shape index (κ2) is 11.2. The monoisotopic (exact) mass is 576 g/mol. The number of nitrogens with one attached hydrogen (secondary N) is 1. The topological polar surface area (TPSA) is 77.0 Å². The van der Waals surface area contributed by atoms with Crippen LogP contribution in [0.3, 0.4) is 0 Å². The van der Waals surface area contributed by atoms with Gasteiger partial charge in [0.1, 0.15) is 11.6 Å². The number of carbonyl (C=O) groups excluding carboxylic acids is 2. The fourth-order valence-electron chi connectivity index (χ4n) is 2.71. The highest BCUT2D eigenvalue weighted by atomic mass is 79.9. The SMILES string of the molecule is Cc1ccc(OCC(=O)N/N=C/c2cc(Br)cc(Br)c2OC(=O)c2cccc(F)c2)cc1C. The zero-order valence-corrected chi connectivity index (χ0v) is 20.9. The fraction of sp³-hybridized carbons (Fsp3) is 0.125. The Bertz CT molecular complexity index is 1230. The first-order valence-electron chi connectivity index (χ1n) is 9.71. The molecule has 0 saturated heterocycles. The summed E-state index contributed by atoms with van der Waals surface area (Å²) in [7, 11) is 0. The van der Waals surface area contributed by atoms with E-state index in [-0.39, 0.29) is 17.9 Å². The molecule has 3 aromatic rings. The molecule has 1 amide bonds. The standard InChI is InChI=1S/C24H19Br2FN2O4/c1-14-6-7-20(8-15(14)2)32-13-22(30)29-28-12-17-9-18(25)11-21(26)23(17)33-24(31)16-4-3-5-19(27)10-16/h3-12H,13H2,1-2H3,(H,29,30)/b28-12+. The molecule has 3 rings (SSSR count). The van der Waals surface area contributed by atoms with E-state index in [2.05, 4.69) is 42.4 Å². The van der Waals surface area contributed by atoms with Crippen molar-refractivity contribution in [3.63, 3.8) is 0 Å². The summed E-state index contributed by atoms with van der Waals surface area (Å²) in [6.45, 7) is 3.73. The van der Waals surface area contributed by atoms with Crippen molar-refractivity contribution in [2.75, 3.05) is 6.61 Å². The Labute approximate surface area is 207 Å². The molecule has 170 valence electrons. The average Bonchev–Trinajstić information content (AvgIpc) is 2.76. The molecule has 0 aromatic heterocycles. The number of esters is 1. The number of amides is 1. The normalized spacial score (nSPS) is 10.8. The van der Waals surface area contributed by atoms with E-state index in [4.69, 9.17) is 9.47 Å². The molecule has 0 aliphatic carbocycles. The Morgan fingerprint density at radius 1 is 1.06 bits per heavy atom. The quantitative estimate of drug-likeness (QED) is 0.169. The smallest absolute Gasteiger partial charge is 0.343 e. The summed E-state index contributed by atoms with van der Waals surface area (Å²) >= 11 is 6.71. The second-order valence-electron chi connectivity index (χ2n) is 7.03. The molecule has 0 saturated carbocycles. The van der Waals surface area contributed by atoms with E-state index >= 15 is 0 Å². The van der Waals surface area contributed by atoms with Gasteiger partial charge in [0.25, 0.3) is 5.91 Å². The van der Waals surface area contributed by atoms with E-state index in [1.165, 1.54) is 24.4 Å². The maximum atomic E-state index is 13.4. The van der Waals surface area contributed by atoms with Crippen LogP contribution in [0.5, 0.6) is 11.5 Å². The molecule has 0 aliphatic rings. The van der Waals surface area contributed by atoms with E-state index in [0.29, 0.717) is 20.3 Å². The molecule has 33 heavy (non-hydrogen) atoms. The second-order valence-corrected chi connectivity index (χ2v) is 8.80. The van der Waals surface area contributed by atoms with Crippen LogP contribution in [-0.2, 0) is 4.79 Å². The molecule has 9 heteroatoms. The Morgan fingerprint density at radius 2 is 1.85 bits per heavy atom. The summed E-state index contributed by atoms with van der Waals surface area (Å²) < 4.78 is 25.5. The minimum absolute atomic E-state index is 0.0597. The van der Waals surface area contributed by atoms with E-state index < -0.39 is 17.7 Å². The lowest BCUT2D eigenvalue weighted by atomic mass is 10.1. The predicted octanol–water partition coefficient (Wildman–Crippen LogP) is 5.72. The number of ether oxygens (including phenoxy) is 2. The summed E-state index contributed by atoms with van der Waals surface area (Å²) in [5.41, 5.74) is 5.02. The van der Waals surface area contributed by atoms with Crippen LogP contribution in [0, 0.1) is 19.7 Å². The number of hydrazone groups is 1. The highest BCUT2D eigenvalue weighted by molar-refractivity contribution is 9.11. The number of aryl methyl sites for hydroxylation is 2. The summed E-state index contributed by atoms with van der Waals surface area (Å²) in [4.78, 5) is 24.5. The zero-order valence-electron chi connectivity index (χ0n) is 17.7. The van der Waals surface area contributed by atoms with Gasteiger partial charge in [-0.1, -0.05) is 28.1 Å². The molecule has 6 nitrogen and oxygen atoms in total. The lowest BCUT2D eigenvalue weighted by Gasteiger charge is -2.11. The van der Waals surface area contributed by atoms with Gasteiger partial charge in [-0.05, 0) is 83.4 Å². The molecular formula is C24H19Br2FN2O4. The van der Waals surface area contributed by atoms with Crippen molar-refractivity contribution in [1.82, 2.24) is 5.43 Å². The van der Waals surface area contributed by atoms with Gasteiger partial charge >= 0.3 is 5.97 Å². The first kappa shape index (κ1) is 24.6. The molecule has 0 atom stereocenters. The number of carbonyl (C=O) groups is 2. The first-order chi connectivity index (χ1) is 15.7. The first-order valence-corrected chi connectivity index (χ1v) is 11.3. The fourth-order valence-corrected chi connectivity index (χ4v) is 4.05. The third-order valence-corrected chi connectivity index (χ3v) is 5.58. The van der Waals surface area contributed by atoms with Gasteiger partial charge in [-0.25, -0.2) is 14.6 Å². The van der Waals surface area contributed by atoms with Crippen LogP contribution in [0.15, 0.2) is 68.6 Å². The van der Waals surface area contributed by atoms with Gasteiger partial charge in [0, 0.05) is 10.0 Å². The van der Waals surface area contributed by atoms with Crippen molar-refractivity contribution >= 4 is 50.0 Å². The third kappa shape index (κ3) is 6.97. The predicted molar refractivity (Wildman–Crippen MR) is 130 cm³/mol. The van der Waals surface area contributed by atoms with Crippen LogP contribution in [0.1, 0.15) is 27.0 Å². The number of benzene rings is 3. The Hall–Kier alpha value is -3.04. The third-order valence-electron chi connectivity index (χ3n) is 4.53. The van der Waals surface area contributed by atoms with Crippen LogP contribution in [0.4, 0.5) is 4.39 Å². The van der Waals surface area contributed by atoms with Crippen molar-refractivity contribution in [3.05, 3.63) is 91.6 Å². The lowest BCUT2D eigenvalue weighted by molar-refractivity contribution is -0.123. The van der Waals surface area contributed by atoms with Gasteiger partial charge in [0.15, 0.2) is 12.4 Å². The average molecular weight is 578 g/mol. The molecule has 0 aliphatic heterocycles. The summed E-state index contributed by atoms with van der Waals surface area (Å²) in [6.07, 6.45) is 1.33. The molecule has 0 radical (unpaired) electrons. The maximum Gasteiger partial charge on any atom is 0.343 e. The number of halogens is 3. The van der Waals surface area contributed by atoms with Crippen molar-refractivity contribution in [1.29, 1.82) is 0 Å². The highest BCUT2D eigenvalue weighted by Gasteiger charge is 2.16. The minimum Gasteiger partial charge on any atom is -0.484 e. The number of hydrogen-bond donors (Lipinski definition) is 1. The lowest BCUT2D eigenvalue weighted by Crippen LogP contribution is -2.24. The van der Waals surface area contributed by atoms with E-state index in [1.54, 1.807) is 18.2 Å². The molecule has 0 fully saturated rings. The van der Waals surface area contributed by atoms with Gasteiger partial charge in [0.05, 0.1) is 16.3 Å². The molecular weight excluding hydrogens is 559 g/mol. The Balaban J connectivity index is 1.67. The van der Waals surface area contributed by atoms with Gasteiger partial charge in [-0.3, -0.25) is 4.79 Å². The van der Waals surface area contributed by atoms with Gasteiger partial charge in [0.2, 0.25) is 0 Å². The largest absolute Gasteiger partial charge is 0.484 e. The molecule has 3 aromatic carbocycles. The van der Waals surface area contributed by atoms with Crippen molar-refractivity contribution in [2.24, 2.45) is 5.10 Å². The van der Waals surface area contributed by atoms with Crippen molar-refractivity contribution < 1.29 is 23.5 Å². The Kier molecular flexibility index (Phi) is 8.35. The van der Waals surface area contributed by atoms with E-state index in [0.717, 1.165) is 17.2 Å². The summed E-state index contributed by atoms with van der Waals surface area (Å²) in [5, 5.41) is 3.93.